The molecule has 0 aliphatic heterocycles. The van der Waals surface area contributed by atoms with Gasteiger partial charge in [-0.3, -0.25) is 19.9 Å². The smallest absolute Gasteiger partial charge is 0.311 e. The van der Waals surface area contributed by atoms with Gasteiger partial charge < -0.3 is 10.0 Å². The molecule has 0 spiro atoms. The van der Waals surface area contributed by atoms with Gasteiger partial charge in [0, 0.05) is 19.3 Å². The molecule has 0 bridgehead atoms. The summed E-state index contributed by atoms with van der Waals surface area (Å²) < 4.78 is 0. The van der Waals surface area contributed by atoms with E-state index in [1.807, 2.05) is 6.07 Å². The summed E-state index contributed by atoms with van der Waals surface area (Å²) >= 11 is 0. The molecule has 1 atom stereocenters. The van der Waals surface area contributed by atoms with Gasteiger partial charge in [0.05, 0.1) is 22.2 Å². The van der Waals surface area contributed by atoms with Crippen molar-refractivity contribution in [3.05, 3.63) is 64.0 Å². The number of phenolic OH excluding ortho intramolecular Hbond substituents is 1. The van der Waals surface area contributed by atoms with Crippen molar-refractivity contribution >= 4 is 11.6 Å². The lowest BCUT2D eigenvalue weighted by molar-refractivity contribution is -0.385. The van der Waals surface area contributed by atoms with Gasteiger partial charge in [0.25, 0.3) is 5.91 Å². The fourth-order valence-corrected chi connectivity index (χ4v) is 2.04. The fourth-order valence-electron chi connectivity index (χ4n) is 2.04. The average Bonchev–Trinajstić information content (AvgIpc) is 2.53. The van der Waals surface area contributed by atoms with Gasteiger partial charge >= 0.3 is 5.69 Å². The minimum absolute atomic E-state index is 0.112. The van der Waals surface area contributed by atoms with E-state index in [9.17, 15) is 20.0 Å². The number of hydrogen-bond acceptors (Lipinski definition) is 5. The van der Waals surface area contributed by atoms with Gasteiger partial charge in [-0.05, 0) is 25.1 Å². The van der Waals surface area contributed by atoms with Crippen molar-refractivity contribution in [2.45, 2.75) is 13.0 Å². The zero-order valence-electron chi connectivity index (χ0n) is 12.1. The standard InChI is InChI=1S/C15H15N3O4/c1-10(12-7-3-4-9-16-12)17(2)15(20)11-6-5-8-13(14(11)19)18(21)22/h3-10,19H,1-2H3/t10-/m1/s1. The number of rotatable bonds is 4. The highest BCUT2D eigenvalue weighted by Crippen LogP contribution is 2.31. The summed E-state index contributed by atoms with van der Waals surface area (Å²) in [6.07, 6.45) is 1.62. The number of nitrogens with zero attached hydrogens (tertiary/aromatic N) is 3. The number of nitro groups is 1. The number of hydrogen-bond donors (Lipinski definition) is 1. The molecule has 0 saturated carbocycles. The predicted molar refractivity (Wildman–Crippen MR) is 79.5 cm³/mol. The molecule has 0 aliphatic rings. The SMILES string of the molecule is C[C@H](c1ccccn1)N(C)C(=O)c1cccc([N+](=O)[O-])c1O. The van der Waals surface area contributed by atoms with Crippen molar-refractivity contribution in [3.63, 3.8) is 0 Å². The number of phenols is 1. The van der Waals surface area contributed by atoms with Crippen molar-refractivity contribution in [3.8, 4) is 5.75 Å². The van der Waals surface area contributed by atoms with Crippen LogP contribution in [0, 0.1) is 10.1 Å². The molecular weight excluding hydrogens is 286 g/mol. The first-order valence-electron chi connectivity index (χ1n) is 6.58. The number of amides is 1. The number of aromatic hydroxyl groups is 1. The van der Waals surface area contributed by atoms with Crippen LogP contribution in [-0.2, 0) is 0 Å². The summed E-state index contributed by atoms with van der Waals surface area (Å²) in [6, 6.07) is 8.88. The van der Waals surface area contributed by atoms with Gasteiger partial charge in [-0.1, -0.05) is 12.1 Å². The molecule has 2 aromatic rings. The third kappa shape index (κ3) is 2.88. The molecule has 0 aliphatic carbocycles. The van der Waals surface area contributed by atoms with E-state index in [-0.39, 0.29) is 11.6 Å². The second kappa shape index (κ2) is 6.21. The van der Waals surface area contributed by atoms with Crippen LogP contribution in [0.25, 0.3) is 0 Å². The van der Waals surface area contributed by atoms with E-state index in [0.29, 0.717) is 5.69 Å². The first kappa shape index (κ1) is 15.4. The second-order valence-corrected chi connectivity index (χ2v) is 4.78. The third-order valence-corrected chi connectivity index (χ3v) is 3.46. The Morgan fingerprint density at radius 2 is 2.05 bits per heavy atom. The van der Waals surface area contributed by atoms with Crippen LogP contribution in [0.3, 0.4) is 0 Å². The lowest BCUT2D eigenvalue weighted by Gasteiger charge is -2.24. The van der Waals surface area contributed by atoms with E-state index in [4.69, 9.17) is 0 Å². The molecule has 7 heteroatoms. The fraction of sp³-hybridized carbons (Fsp3) is 0.200. The normalized spacial score (nSPS) is 11.7. The van der Waals surface area contributed by atoms with Gasteiger partial charge in [-0.25, -0.2) is 0 Å². The molecule has 1 aromatic carbocycles. The zero-order chi connectivity index (χ0) is 16.3. The highest BCUT2D eigenvalue weighted by molar-refractivity contribution is 5.98. The molecular formula is C15H15N3O4. The Morgan fingerprint density at radius 1 is 1.32 bits per heavy atom. The van der Waals surface area contributed by atoms with E-state index in [2.05, 4.69) is 4.98 Å². The number of para-hydroxylation sites is 1. The third-order valence-electron chi connectivity index (χ3n) is 3.46. The van der Waals surface area contributed by atoms with E-state index in [1.165, 1.54) is 17.0 Å². The maximum absolute atomic E-state index is 12.5. The average molecular weight is 301 g/mol. The summed E-state index contributed by atoms with van der Waals surface area (Å²) in [7, 11) is 1.56. The largest absolute Gasteiger partial charge is 0.502 e. The molecule has 0 radical (unpaired) electrons. The number of carbonyl (C=O) groups excluding carboxylic acids is 1. The maximum atomic E-state index is 12.5. The Kier molecular flexibility index (Phi) is 4.36. The summed E-state index contributed by atoms with van der Waals surface area (Å²) in [5, 5.41) is 20.8. The van der Waals surface area contributed by atoms with Gasteiger partial charge in [0.1, 0.15) is 0 Å². The highest BCUT2D eigenvalue weighted by Gasteiger charge is 2.26. The van der Waals surface area contributed by atoms with Crippen LogP contribution >= 0.6 is 0 Å². The monoisotopic (exact) mass is 301 g/mol. The molecule has 22 heavy (non-hydrogen) atoms. The molecule has 7 nitrogen and oxygen atoms in total. The maximum Gasteiger partial charge on any atom is 0.311 e. The number of aromatic nitrogens is 1. The number of benzene rings is 1. The summed E-state index contributed by atoms with van der Waals surface area (Å²) in [4.78, 5) is 28.1. The first-order valence-corrected chi connectivity index (χ1v) is 6.58. The van der Waals surface area contributed by atoms with E-state index >= 15 is 0 Å². The molecule has 1 aromatic heterocycles. The summed E-state index contributed by atoms with van der Waals surface area (Å²) in [5.74, 6) is -1.14. The topological polar surface area (TPSA) is 96.6 Å². The van der Waals surface area contributed by atoms with Crippen LogP contribution < -0.4 is 0 Å². The van der Waals surface area contributed by atoms with Crippen molar-refractivity contribution < 1.29 is 14.8 Å². The van der Waals surface area contributed by atoms with Crippen LogP contribution in [0.1, 0.15) is 29.0 Å². The van der Waals surface area contributed by atoms with Gasteiger partial charge in [0.2, 0.25) is 5.75 Å². The van der Waals surface area contributed by atoms with Crippen LogP contribution in [-0.4, -0.2) is 32.9 Å². The molecule has 1 N–H and O–H groups in total. The predicted octanol–water partition coefficient (Wildman–Crippen LogP) is 2.53. The number of nitro benzene ring substituents is 1. The number of carbonyl (C=O) groups is 1. The lowest BCUT2D eigenvalue weighted by Crippen LogP contribution is -2.30. The van der Waals surface area contributed by atoms with Gasteiger partial charge in [-0.2, -0.15) is 0 Å². The van der Waals surface area contributed by atoms with E-state index < -0.39 is 22.3 Å². The molecule has 0 saturated heterocycles. The molecule has 2 rings (SSSR count). The Labute approximate surface area is 127 Å². The quantitative estimate of drug-likeness (QED) is 0.691. The van der Waals surface area contributed by atoms with Crippen molar-refractivity contribution in [1.82, 2.24) is 9.88 Å². The van der Waals surface area contributed by atoms with Crippen LogP contribution in [0.4, 0.5) is 5.69 Å². The zero-order valence-corrected chi connectivity index (χ0v) is 12.1. The van der Waals surface area contributed by atoms with Crippen molar-refractivity contribution in [2.75, 3.05) is 7.05 Å². The van der Waals surface area contributed by atoms with E-state index in [0.717, 1.165) is 6.07 Å². The highest BCUT2D eigenvalue weighted by atomic mass is 16.6. The Bertz CT molecular complexity index is 703. The van der Waals surface area contributed by atoms with Crippen LogP contribution in [0.2, 0.25) is 0 Å². The van der Waals surface area contributed by atoms with Crippen LogP contribution in [0.15, 0.2) is 42.6 Å². The molecule has 1 heterocycles. The van der Waals surface area contributed by atoms with Gasteiger partial charge in [-0.15, -0.1) is 0 Å². The molecule has 114 valence electrons. The number of pyridine rings is 1. The Morgan fingerprint density at radius 3 is 2.64 bits per heavy atom. The van der Waals surface area contributed by atoms with E-state index in [1.54, 1.807) is 32.3 Å². The van der Waals surface area contributed by atoms with Crippen LogP contribution in [0.5, 0.6) is 5.75 Å². The Hall–Kier alpha value is -2.96. The molecule has 0 fully saturated rings. The summed E-state index contributed by atoms with van der Waals surface area (Å²) in [6.45, 7) is 1.79. The lowest BCUT2D eigenvalue weighted by atomic mass is 10.1. The minimum atomic E-state index is -0.728. The minimum Gasteiger partial charge on any atom is -0.502 e. The van der Waals surface area contributed by atoms with Gasteiger partial charge in [0.15, 0.2) is 0 Å². The molecule has 0 unspecified atom stereocenters. The summed E-state index contributed by atoms with van der Waals surface area (Å²) in [5.41, 5.74) is 0.0764. The van der Waals surface area contributed by atoms with Crippen molar-refractivity contribution in [2.24, 2.45) is 0 Å². The molecule has 1 amide bonds. The second-order valence-electron chi connectivity index (χ2n) is 4.78. The Balaban J connectivity index is 2.32. The van der Waals surface area contributed by atoms with Crippen molar-refractivity contribution in [1.29, 1.82) is 0 Å². The first-order chi connectivity index (χ1) is 10.4.